The highest BCUT2D eigenvalue weighted by molar-refractivity contribution is 5.92. The molecule has 1 N–H and O–H groups in total. The molecular weight excluding hydrogens is 330 g/mol. The van der Waals surface area contributed by atoms with Gasteiger partial charge in [-0.1, -0.05) is 18.2 Å². The van der Waals surface area contributed by atoms with Crippen LogP contribution >= 0.6 is 0 Å². The number of ether oxygens (including phenoxy) is 3. The smallest absolute Gasteiger partial charge is 0.244 e. The Labute approximate surface area is 153 Å². The molecule has 1 aliphatic heterocycles. The van der Waals surface area contributed by atoms with Crippen LogP contribution in [0.4, 0.5) is 0 Å². The summed E-state index contributed by atoms with van der Waals surface area (Å²) < 4.78 is 16.2. The van der Waals surface area contributed by atoms with E-state index in [4.69, 9.17) is 14.2 Å². The lowest BCUT2D eigenvalue weighted by Gasteiger charge is -2.14. The highest BCUT2D eigenvalue weighted by Crippen LogP contribution is 2.31. The van der Waals surface area contributed by atoms with Crippen molar-refractivity contribution in [2.45, 2.75) is 19.4 Å². The maximum Gasteiger partial charge on any atom is 0.244 e. The van der Waals surface area contributed by atoms with Gasteiger partial charge < -0.3 is 19.5 Å². The summed E-state index contributed by atoms with van der Waals surface area (Å²) in [6.07, 6.45) is 4.14. The number of fused-ring (bicyclic) bond motifs is 1. The molecule has 1 heterocycles. The van der Waals surface area contributed by atoms with Gasteiger partial charge >= 0.3 is 0 Å². The Bertz CT molecular complexity index is 829. The highest BCUT2D eigenvalue weighted by atomic mass is 16.5. The van der Waals surface area contributed by atoms with Crippen LogP contribution in [0.3, 0.4) is 0 Å². The summed E-state index contributed by atoms with van der Waals surface area (Å²) in [5, 5.41) is 2.99. The fourth-order valence-corrected chi connectivity index (χ4v) is 3.03. The second-order valence-corrected chi connectivity index (χ2v) is 6.11. The van der Waals surface area contributed by atoms with Gasteiger partial charge in [0.2, 0.25) is 5.91 Å². The van der Waals surface area contributed by atoms with Crippen LogP contribution in [0.5, 0.6) is 17.2 Å². The quantitative estimate of drug-likeness (QED) is 0.807. The summed E-state index contributed by atoms with van der Waals surface area (Å²) in [6.45, 7) is 2.69. The van der Waals surface area contributed by atoms with E-state index < -0.39 is 0 Å². The number of rotatable bonds is 6. The van der Waals surface area contributed by atoms with Crippen molar-refractivity contribution >= 4 is 12.0 Å². The van der Waals surface area contributed by atoms with Crippen molar-refractivity contribution in [1.29, 1.82) is 0 Å². The van der Waals surface area contributed by atoms with Crippen LogP contribution in [0.2, 0.25) is 0 Å². The zero-order valence-corrected chi connectivity index (χ0v) is 15.2. The Kier molecular flexibility index (Phi) is 5.46. The topological polar surface area (TPSA) is 56.8 Å². The summed E-state index contributed by atoms with van der Waals surface area (Å²) in [6, 6.07) is 11.5. The molecule has 3 rings (SSSR count). The van der Waals surface area contributed by atoms with E-state index in [1.54, 1.807) is 20.3 Å². The van der Waals surface area contributed by atoms with Crippen LogP contribution in [0, 0.1) is 0 Å². The van der Waals surface area contributed by atoms with Gasteiger partial charge in [0, 0.05) is 18.1 Å². The Balaban J connectivity index is 1.68. The summed E-state index contributed by atoms with van der Waals surface area (Å²) in [7, 11) is 3.16. The molecule has 0 radical (unpaired) electrons. The van der Waals surface area contributed by atoms with Crippen LogP contribution < -0.4 is 19.5 Å². The number of carbonyl (C=O) groups is 1. The third kappa shape index (κ3) is 3.82. The van der Waals surface area contributed by atoms with E-state index in [0.29, 0.717) is 11.5 Å². The molecule has 5 nitrogen and oxygen atoms in total. The first kappa shape index (κ1) is 17.9. The Morgan fingerprint density at radius 1 is 1.23 bits per heavy atom. The van der Waals surface area contributed by atoms with Crippen molar-refractivity contribution in [3.63, 3.8) is 0 Å². The summed E-state index contributed by atoms with van der Waals surface area (Å²) in [4.78, 5) is 12.3. The monoisotopic (exact) mass is 353 g/mol. The summed E-state index contributed by atoms with van der Waals surface area (Å²) in [5.74, 6) is 2.01. The van der Waals surface area contributed by atoms with Crippen LogP contribution in [0.1, 0.15) is 29.7 Å². The first-order chi connectivity index (χ1) is 12.6. The number of para-hydroxylation sites is 1. The molecule has 0 aliphatic carbocycles. The Morgan fingerprint density at radius 3 is 2.85 bits per heavy atom. The largest absolute Gasteiger partial charge is 0.493 e. The number of benzene rings is 2. The average Bonchev–Trinajstić information content (AvgIpc) is 3.13. The van der Waals surface area contributed by atoms with Gasteiger partial charge in [-0.3, -0.25) is 4.79 Å². The molecule has 1 atom stereocenters. The molecule has 0 saturated carbocycles. The molecule has 5 heteroatoms. The van der Waals surface area contributed by atoms with E-state index in [1.807, 2.05) is 37.3 Å². The Hall–Kier alpha value is -2.95. The number of nitrogens with one attached hydrogen (secondary N) is 1. The second kappa shape index (κ2) is 7.95. The lowest BCUT2D eigenvalue weighted by Crippen LogP contribution is -2.24. The first-order valence-corrected chi connectivity index (χ1v) is 8.57. The molecule has 2 aromatic rings. The van der Waals surface area contributed by atoms with Crippen molar-refractivity contribution in [3.8, 4) is 17.2 Å². The van der Waals surface area contributed by atoms with Gasteiger partial charge in [0.15, 0.2) is 11.5 Å². The second-order valence-electron chi connectivity index (χ2n) is 6.11. The summed E-state index contributed by atoms with van der Waals surface area (Å²) in [5.41, 5.74) is 3.04. The number of hydrogen-bond acceptors (Lipinski definition) is 4. The third-order valence-electron chi connectivity index (χ3n) is 4.42. The molecule has 26 heavy (non-hydrogen) atoms. The maximum absolute atomic E-state index is 12.3. The van der Waals surface area contributed by atoms with Crippen LogP contribution in [0.15, 0.2) is 42.5 Å². The van der Waals surface area contributed by atoms with Gasteiger partial charge in [-0.05, 0) is 42.3 Å². The predicted octanol–water partition coefficient (Wildman–Crippen LogP) is 3.53. The SMILES string of the molecule is COc1cccc(/C=C/C(=O)NC(C)c2ccc3c(c2)CCO3)c1OC. The third-order valence-corrected chi connectivity index (χ3v) is 4.42. The minimum absolute atomic E-state index is 0.0924. The van der Waals surface area contributed by atoms with Gasteiger partial charge in [0.25, 0.3) is 0 Å². The molecule has 0 aromatic heterocycles. The number of amides is 1. The van der Waals surface area contributed by atoms with Gasteiger partial charge in [0.1, 0.15) is 5.75 Å². The molecule has 136 valence electrons. The van der Waals surface area contributed by atoms with Crippen LogP contribution in [0.25, 0.3) is 6.08 Å². The minimum atomic E-state index is -0.167. The first-order valence-electron chi connectivity index (χ1n) is 8.57. The fourth-order valence-electron chi connectivity index (χ4n) is 3.03. The zero-order valence-electron chi connectivity index (χ0n) is 15.2. The van der Waals surface area contributed by atoms with Gasteiger partial charge in [-0.25, -0.2) is 0 Å². The van der Waals surface area contributed by atoms with E-state index >= 15 is 0 Å². The van der Waals surface area contributed by atoms with Gasteiger partial charge in [-0.15, -0.1) is 0 Å². The number of methoxy groups -OCH3 is 2. The number of hydrogen-bond donors (Lipinski definition) is 1. The van der Waals surface area contributed by atoms with Crippen molar-refractivity contribution in [1.82, 2.24) is 5.32 Å². The predicted molar refractivity (Wildman–Crippen MR) is 101 cm³/mol. The van der Waals surface area contributed by atoms with Crippen LogP contribution in [-0.4, -0.2) is 26.7 Å². The Morgan fingerprint density at radius 2 is 2.08 bits per heavy atom. The molecule has 0 saturated heterocycles. The van der Waals surface area contributed by atoms with Crippen molar-refractivity contribution < 1.29 is 19.0 Å². The van der Waals surface area contributed by atoms with Crippen molar-refractivity contribution in [2.75, 3.05) is 20.8 Å². The minimum Gasteiger partial charge on any atom is -0.493 e. The number of carbonyl (C=O) groups excluding carboxylic acids is 1. The van der Waals surface area contributed by atoms with E-state index in [-0.39, 0.29) is 11.9 Å². The van der Waals surface area contributed by atoms with Crippen LogP contribution in [-0.2, 0) is 11.2 Å². The van der Waals surface area contributed by atoms with E-state index in [0.717, 1.165) is 29.9 Å². The molecule has 1 aliphatic rings. The van der Waals surface area contributed by atoms with E-state index in [9.17, 15) is 4.79 Å². The normalized spacial score (nSPS) is 13.8. The molecule has 0 fully saturated rings. The average molecular weight is 353 g/mol. The van der Waals surface area contributed by atoms with E-state index in [2.05, 4.69) is 11.4 Å². The molecular formula is C21H23NO4. The standard InChI is InChI=1S/C21H23NO4/c1-14(16-7-9-18-17(13-16)11-12-26-18)22-20(23)10-8-15-5-4-6-19(24-2)21(15)25-3/h4-10,13-14H,11-12H2,1-3H3,(H,22,23)/b10-8+. The van der Waals surface area contributed by atoms with Crippen molar-refractivity contribution in [3.05, 3.63) is 59.2 Å². The summed E-state index contributed by atoms with van der Waals surface area (Å²) >= 11 is 0. The molecule has 1 unspecified atom stereocenters. The lowest BCUT2D eigenvalue weighted by molar-refractivity contribution is -0.117. The molecule has 1 amide bonds. The molecule has 2 aromatic carbocycles. The molecule has 0 bridgehead atoms. The van der Waals surface area contributed by atoms with Gasteiger partial charge in [0.05, 0.1) is 26.9 Å². The maximum atomic E-state index is 12.3. The molecule has 0 spiro atoms. The van der Waals surface area contributed by atoms with E-state index in [1.165, 1.54) is 11.6 Å². The highest BCUT2D eigenvalue weighted by Gasteiger charge is 2.15. The fraction of sp³-hybridized carbons (Fsp3) is 0.286. The van der Waals surface area contributed by atoms with Gasteiger partial charge in [-0.2, -0.15) is 0 Å². The lowest BCUT2D eigenvalue weighted by atomic mass is 10.0. The zero-order chi connectivity index (χ0) is 18.5. The van der Waals surface area contributed by atoms with Crippen molar-refractivity contribution in [2.24, 2.45) is 0 Å².